The average Bonchev–Trinajstić information content (AvgIpc) is 3.11. The van der Waals surface area contributed by atoms with Gasteiger partial charge in [0.2, 0.25) is 0 Å². The van der Waals surface area contributed by atoms with Gasteiger partial charge in [-0.05, 0) is 31.1 Å². The number of fused-ring (bicyclic) bond motifs is 5. The second-order valence-corrected chi connectivity index (χ2v) is 6.27. The average molecular weight is 326 g/mol. The monoisotopic (exact) mass is 326 g/mol. The highest BCUT2D eigenvalue weighted by molar-refractivity contribution is 6.00. The summed E-state index contributed by atoms with van der Waals surface area (Å²) in [5, 5.41) is 0. The van der Waals surface area contributed by atoms with Crippen LogP contribution in [0.15, 0.2) is 35.4 Å². The molecule has 0 spiro atoms. The van der Waals surface area contributed by atoms with Gasteiger partial charge in [-0.15, -0.1) is 0 Å². The van der Waals surface area contributed by atoms with Crippen LogP contribution in [-0.2, 0) is 20.7 Å². The minimum absolute atomic E-state index is 0.197. The highest BCUT2D eigenvalue weighted by Crippen LogP contribution is 2.56. The van der Waals surface area contributed by atoms with Crippen LogP contribution < -0.4 is 9.47 Å². The zero-order chi connectivity index (χ0) is 17.0. The summed E-state index contributed by atoms with van der Waals surface area (Å²) in [5.74, 6) is -0.658. The number of cyclic esters (lactones) is 2. The molecule has 24 heavy (non-hydrogen) atoms. The Labute approximate surface area is 139 Å². The molecule has 3 atom stereocenters. The molecule has 1 aromatic carbocycles. The molecule has 0 radical (unpaired) electrons. The molecule has 4 rings (SSSR count). The number of rotatable bonds is 2. The number of benzene rings is 1. The molecule has 3 aliphatic rings. The van der Waals surface area contributed by atoms with Crippen LogP contribution in [0.4, 0.5) is 0 Å². The lowest BCUT2D eigenvalue weighted by Gasteiger charge is -2.29. The molecule has 124 valence electrons. The standard InChI is InChI=1S/C19H18O5/c1-4-9-7-10-8-11-12(22-2)5-6-13(23-3)16(11)14(10)17-15(9)18(20)24-19(17)21/h4-7,14-15,17H,8H2,1-3H3/b9-4+/t14-,15-,17+/m0/s1. The molecule has 0 unspecified atom stereocenters. The number of hydrogen-bond donors (Lipinski definition) is 0. The van der Waals surface area contributed by atoms with Crippen molar-refractivity contribution in [3.63, 3.8) is 0 Å². The number of carbonyl (C=O) groups excluding carboxylic acids is 2. The van der Waals surface area contributed by atoms with Crippen LogP contribution in [0.25, 0.3) is 0 Å². The lowest BCUT2D eigenvalue weighted by Crippen LogP contribution is -2.29. The van der Waals surface area contributed by atoms with Gasteiger partial charge in [0.15, 0.2) is 0 Å². The lowest BCUT2D eigenvalue weighted by molar-refractivity contribution is -0.153. The van der Waals surface area contributed by atoms with Gasteiger partial charge in [-0.1, -0.05) is 17.7 Å². The number of hydrogen-bond acceptors (Lipinski definition) is 5. The molecule has 0 bridgehead atoms. The Bertz CT molecular complexity index is 817. The minimum Gasteiger partial charge on any atom is -0.496 e. The third-order valence-corrected chi connectivity index (χ3v) is 5.30. The van der Waals surface area contributed by atoms with Crippen LogP contribution in [-0.4, -0.2) is 26.2 Å². The molecule has 0 aromatic heterocycles. The number of carbonyl (C=O) groups is 2. The number of allylic oxidation sites excluding steroid dienone is 3. The third-order valence-electron chi connectivity index (χ3n) is 5.30. The SMILES string of the molecule is C/C=C1\C=C2Cc3c(OC)ccc(OC)c3[C@H]2[C@H]2C(=O)OC(=O)[C@@H]12. The van der Waals surface area contributed by atoms with Gasteiger partial charge in [-0.2, -0.15) is 0 Å². The Balaban J connectivity index is 1.96. The summed E-state index contributed by atoms with van der Waals surface area (Å²) in [6.07, 6.45) is 4.60. The summed E-state index contributed by atoms with van der Waals surface area (Å²) < 4.78 is 16.0. The zero-order valence-corrected chi connectivity index (χ0v) is 13.8. The Hall–Kier alpha value is -2.56. The van der Waals surface area contributed by atoms with E-state index in [1.807, 2.05) is 31.2 Å². The molecule has 2 aliphatic carbocycles. The molecule has 1 heterocycles. The smallest absolute Gasteiger partial charge is 0.321 e. The van der Waals surface area contributed by atoms with Gasteiger partial charge >= 0.3 is 11.9 Å². The Morgan fingerprint density at radius 1 is 1.08 bits per heavy atom. The maximum absolute atomic E-state index is 12.4. The topological polar surface area (TPSA) is 61.8 Å². The molecular formula is C19H18O5. The van der Waals surface area contributed by atoms with Gasteiger partial charge in [0, 0.05) is 17.0 Å². The maximum atomic E-state index is 12.4. The van der Waals surface area contributed by atoms with E-state index in [1.165, 1.54) is 0 Å². The van der Waals surface area contributed by atoms with Crippen molar-refractivity contribution in [3.05, 3.63) is 46.6 Å². The van der Waals surface area contributed by atoms with Gasteiger partial charge in [-0.25, -0.2) is 0 Å². The van der Waals surface area contributed by atoms with Crippen molar-refractivity contribution in [2.75, 3.05) is 14.2 Å². The molecule has 0 saturated carbocycles. The van der Waals surface area contributed by atoms with Crippen molar-refractivity contribution in [2.24, 2.45) is 11.8 Å². The first-order valence-electron chi connectivity index (χ1n) is 7.96. The second kappa shape index (κ2) is 5.23. The summed E-state index contributed by atoms with van der Waals surface area (Å²) in [5.41, 5.74) is 3.93. The zero-order valence-electron chi connectivity index (χ0n) is 13.8. The summed E-state index contributed by atoms with van der Waals surface area (Å²) in [6.45, 7) is 1.88. The predicted molar refractivity (Wildman–Crippen MR) is 85.9 cm³/mol. The molecule has 1 aliphatic heterocycles. The van der Waals surface area contributed by atoms with Crippen LogP contribution in [0.3, 0.4) is 0 Å². The fourth-order valence-corrected chi connectivity index (χ4v) is 4.32. The van der Waals surface area contributed by atoms with E-state index < -0.39 is 23.8 Å². The van der Waals surface area contributed by atoms with E-state index in [9.17, 15) is 9.59 Å². The van der Waals surface area contributed by atoms with Crippen LogP contribution in [0.5, 0.6) is 11.5 Å². The number of methoxy groups -OCH3 is 2. The highest BCUT2D eigenvalue weighted by atomic mass is 16.6. The van der Waals surface area contributed by atoms with Gasteiger partial charge in [0.25, 0.3) is 0 Å². The van der Waals surface area contributed by atoms with E-state index in [0.29, 0.717) is 12.2 Å². The van der Waals surface area contributed by atoms with Crippen molar-refractivity contribution in [2.45, 2.75) is 19.3 Å². The summed E-state index contributed by atoms with van der Waals surface area (Å²) in [4.78, 5) is 24.6. The van der Waals surface area contributed by atoms with Gasteiger partial charge in [0.05, 0.1) is 26.1 Å². The predicted octanol–water partition coefficient (Wildman–Crippen LogP) is 2.55. The summed E-state index contributed by atoms with van der Waals surface area (Å²) in [6, 6.07) is 3.73. The van der Waals surface area contributed by atoms with Crippen LogP contribution in [0.1, 0.15) is 24.0 Å². The van der Waals surface area contributed by atoms with Crippen LogP contribution in [0.2, 0.25) is 0 Å². The Morgan fingerprint density at radius 3 is 2.46 bits per heavy atom. The molecule has 0 N–H and O–H groups in total. The molecule has 1 fully saturated rings. The van der Waals surface area contributed by atoms with Gasteiger partial charge in [0.1, 0.15) is 11.5 Å². The normalized spacial score (nSPS) is 28.9. The van der Waals surface area contributed by atoms with Crippen molar-refractivity contribution in [1.29, 1.82) is 0 Å². The van der Waals surface area contributed by atoms with Crippen LogP contribution in [0, 0.1) is 11.8 Å². The number of ether oxygens (including phenoxy) is 3. The molecule has 5 nitrogen and oxygen atoms in total. The number of esters is 2. The van der Waals surface area contributed by atoms with E-state index in [-0.39, 0.29) is 5.92 Å². The molecule has 0 amide bonds. The first-order chi connectivity index (χ1) is 11.6. The van der Waals surface area contributed by atoms with Crippen LogP contribution >= 0.6 is 0 Å². The fraction of sp³-hybridized carbons (Fsp3) is 0.368. The second-order valence-electron chi connectivity index (χ2n) is 6.27. The third kappa shape index (κ3) is 1.81. The van der Waals surface area contributed by atoms with Crippen molar-refractivity contribution in [3.8, 4) is 11.5 Å². The summed E-state index contributed by atoms with van der Waals surface area (Å²) in [7, 11) is 3.24. The van der Waals surface area contributed by atoms with E-state index in [4.69, 9.17) is 14.2 Å². The van der Waals surface area contributed by atoms with E-state index in [2.05, 4.69) is 0 Å². The molecule has 5 heteroatoms. The highest BCUT2D eigenvalue weighted by Gasteiger charge is 2.55. The first kappa shape index (κ1) is 15.0. The van der Waals surface area contributed by atoms with Gasteiger partial charge in [-0.3, -0.25) is 9.59 Å². The molecular weight excluding hydrogens is 308 g/mol. The summed E-state index contributed by atoms with van der Waals surface area (Å²) >= 11 is 0. The Morgan fingerprint density at radius 2 is 1.79 bits per heavy atom. The Kier molecular flexibility index (Phi) is 3.27. The fourth-order valence-electron chi connectivity index (χ4n) is 4.32. The van der Waals surface area contributed by atoms with E-state index in [1.54, 1.807) is 14.2 Å². The van der Waals surface area contributed by atoms with Crippen molar-refractivity contribution in [1.82, 2.24) is 0 Å². The lowest BCUT2D eigenvalue weighted by atomic mass is 9.70. The first-order valence-corrected chi connectivity index (χ1v) is 7.96. The van der Waals surface area contributed by atoms with E-state index >= 15 is 0 Å². The van der Waals surface area contributed by atoms with Crippen molar-refractivity contribution >= 4 is 11.9 Å². The van der Waals surface area contributed by atoms with Gasteiger partial charge < -0.3 is 14.2 Å². The van der Waals surface area contributed by atoms with E-state index in [0.717, 1.165) is 28.0 Å². The maximum Gasteiger partial charge on any atom is 0.321 e. The molecule has 1 saturated heterocycles. The van der Waals surface area contributed by atoms with Crippen molar-refractivity contribution < 1.29 is 23.8 Å². The minimum atomic E-state index is -0.530. The largest absolute Gasteiger partial charge is 0.496 e. The quantitative estimate of drug-likeness (QED) is 0.617. The molecule has 1 aromatic rings.